The van der Waals surface area contributed by atoms with Crippen LogP contribution in [0.1, 0.15) is 33.6 Å². The molecule has 5 aromatic rings. The van der Waals surface area contributed by atoms with E-state index < -0.39 is 6.04 Å². The third-order valence-electron chi connectivity index (χ3n) is 8.27. The van der Waals surface area contributed by atoms with Crippen LogP contribution in [0.15, 0.2) is 109 Å². The molecule has 1 aliphatic heterocycles. The lowest BCUT2D eigenvalue weighted by Gasteiger charge is -2.37. The molecule has 2 aromatic heterocycles. The predicted molar refractivity (Wildman–Crippen MR) is 174 cm³/mol. The van der Waals surface area contributed by atoms with Crippen LogP contribution in [-0.4, -0.2) is 54.2 Å². The summed E-state index contributed by atoms with van der Waals surface area (Å²) in [5.41, 5.74) is 7.71. The molecule has 8 nitrogen and oxygen atoms in total. The average molecular weight is 597 g/mol. The summed E-state index contributed by atoms with van der Waals surface area (Å²) < 4.78 is 1.74. The van der Waals surface area contributed by atoms with Crippen LogP contribution in [0.3, 0.4) is 0 Å². The Balaban J connectivity index is 1.35. The van der Waals surface area contributed by atoms with E-state index in [4.69, 9.17) is 0 Å². The van der Waals surface area contributed by atoms with E-state index in [2.05, 4.69) is 27.4 Å². The second-order valence-corrected chi connectivity index (χ2v) is 11.4. The van der Waals surface area contributed by atoms with Gasteiger partial charge in [-0.3, -0.25) is 14.3 Å². The minimum atomic E-state index is -0.706. The number of nitrogens with zero attached hydrogens (tertiary/aromatic N) is 6. The van der Waals surface area contributed by atoms with Crippen LogP contribution in [0, 0.1) is 6.92 Å². The van der Waals surface area contributed by atoms with Crippen molar-refractivity contribution in [3.8, 4) is 11.3 Å². The summed E-state index contributed by atoms with van der Waals surface area (Å²) in [6.07, 6.45) is 6.17. The van der Waals surface area contributed by atoms with Crippen molar-refractivity contribution in [3.63, 3.8) is 0 Å². The fraction of sp³-hybridized carbons (Fsp3) is 0.216. The SMILES string of the molecule is Cc1cc(/C=C/C(=O)N(Cc2ccc(-c3cccnn3)cc2)[C@@H](Cc2ccccc2)C(=O)N2CCc3ccccc3C2)n(C)n1. The molecule has 1 aliphatic rings. The van der Waals surface area contributed by atoms with Gasteiger partial charge >= 0.3 is 0 Å². The van der Waals surface area contributed by atoms with Crippen molar-refractivity contribution in [2.75, 3.05) is 6.54 Å². The lowest BCUT2D eigenvalue weighted by molar-refractivity contribution is -0.144. The van der Waals surface area contributed by atoms with Crippen molar-refractivity contribution < 1.29 is 9.59 Å². The minimum absolute atomic E-state index is 0.0531. The molecule has 0 saturated carbocycles. The highest BCUT2D eigenvalue weighted by Crippen LogP contribution is 2.24. The van der Waals surface area contributed by atoms with Gasteiger partial charge in [-0.25, -0.2) is 0 Å². The summed E-state index contributed by atoms with van der Waals surface area (Å²) in [4.78, 5) is 32.3. The third kappa shape index (κ3) is 7.07. The third-order valence-corrected chi connectivity index (χ3v) is 8.27. The van der Waals surface area contributed by atoms with Gasteiger partial charge in [0.15, 0.2) is 0 Å². The molecule has 0 radical (unpaired) electrons. The number of aromatic nitrogens is 4. The summed E-state index contributed by atoms with van der Waals surface area (Å²) in [7, 11) is 1.85. The highest BCUT2D eigenvalue weighted by atomic mass is 16.2. The summed E-state index contributed by atoms with van der Waals surface area (Å²) in [5.74, 6) is -0.291. The minimum Gasteiger partial charge on any atom is -0.336 e. The molecule has 3 aromatic carbocycles. The van der Waals surface area contributed by atoms with Crippen molar-refractivity contribution in [3.05, 3.63) is 143 Å². The molecule has 2 amide bonds. The van der Waals surface area contributed by atoms with E-state index in [0.29, 0.717) is 19.5 Å². The van der Waals surface area contributed by atoms with Gasteiger partial charge in [-0.1, -0.05) is 78.9 Å². The van der Waals surface area contributed by atoms with Gasteiger partial charge in [-0.05, 0) is 59.9 Å². The second kappa shape index (κ2) is 13.5. The molecule has 3 heterocycles. The molecule has 45 heavy (non-hydrogen) atoms. The fourth-order valence-corrected chi connectivity index (χ4v) is 5.88. The van der Waals surface area contributed by atoms with E-state index in [1.807, 2.05) is 104 Å². The van der Waals surface area contributed by atoms with Crippen LogP contribution in [0.25, 0.3) is 17.3 Å². The van der Waals surface area contributed by atoms with Gasteiger partial charge in [0, 0.05) is 50.9 Å². The summed E-state index contributed by atoms with van der Waals surface area (Å²) in [6.45, 7) is 3.32. The number of fused-ring (bicyclic) bond motifs is 1. The van der Waals surface area contributed by atoms with Crippen LogP contribution in [0.4, 0.5) is 0 Å². The molecule has 226 valence electrons. The molecule has 0 N–H and O–H groups in total. The molecule has 0 spiro atoms. The Morgan fingerprint density at radius 2 is 1.67 bits per heavy atom. The zero-order valence-corrected chi connectivity index (χ0v) is 25.6. The lowest BCUT2D eigenvalue weighted by atomic mass is 9.97. The fourth-order valence-electron chi connectivity index (χ4n) is 5.88. The van der Waals surface area contributed by atoms with Crippen molar-refractivity contribution in [2.24, 2.45) is 7.05 Å². The van der Waals surface area contributed by atoms with Crippen molar-refractivity contribution in [1.82, 2.24) is 29.8 Å². The predicted octanol–water partition coefficient (Wildman–Crippen LogP) is 5.42. The Bertz CT molecular complexity index is 1800. The number of carbonyl (C=O) groups excluding carboxylic acids is 2. The number of benzene rings is 3. The number of aryl methyl sites for hydroxylation is 2. The van der Waals surface area contributed by atoms with Gasteiger partial charge in [-0.2, -0.15) is 15.3 Å². The molecule has 0 saturated heterocycles. The Labute approximate surface area is 263 Å². The van der Waals surface area contributed by atoms with E-state index in [9.17, 15) is 9.59 Å². The zero-order chi connectivity index (χ0) is 31.2. The standard InChI is InChI=1S/C37H36N6O2/c1-27-23-33(41(2)40-27)18-19-36(44)43(25-29-14-16-31(17-15-29)34-13-8-21-38-39-34)35(24-28-9-4-3-5-10-28)37(45)42-22-20-30-11-6-7-12-32(30)26-42/h3-19,21,23,35H,20,22,24-26H2,1-2H3/b19-18+/t35-/m0/s1. The highest BCUT2D eigenvalue weighted by Gasteiger charge is 2.34. The Kier molecular flexibility index (Phi) is 8.91. The van der Waals surface area contributed by atoms with Crippen LogP contribution in [0.2, 0.25) is 0 Å². The molecule has 1 atom stereocenters. The van der Waals surface area contributed by atoms with Crippen molar-refractivity contribution in [2.45, 2.75) is 38.9 Å². The molecule has 0 bridgehead atoms. The first-order valence-corrected chi connectivity index (χ1v) is 15.2. The molecule has 6 rings (SSSR count). The molecule has 0 aliphatic carbocycles. The number of amides is 2. The van der Waals surface area contributed by atoms with E-state index in [0.717, 1.165) is 45.8 Å². The van der Waals surface area contributed by atoms with E-state index in [-0.39, 0.29) is 18.4 Å². The first-order valence-electron chi connectivity index (χ1n) is 15.2. The van der Waals surface area contributed by atoms with E-state index in [1.165, 1.54) is 5.56 Å². The maximum Gasteiger partial charge on any atom is 0.247 e. The van der Waals surface area contributed by atoms with Crippen molar-refractivity contribution >= 4 is 17.9 Å². The Morgan fingerprint density at radius 1 is 0.911 bits per heavy atom. The van der Waals surface area contributed by atoms with E-state index >= 15 is 0 Å². The number of hydrogen-bond acceptors (Lipinski definition) is 5. The van der Waals surface area contributed by atoms with Crippen LogP contribution >= 0.6 is 0 Å². The number of rotatable bonds is 9. The highest BCUT2D eigenvalue weighted by molar-refractivity contribution is 5.95. The maximum absolute atomic E-state index is 14.5. The van der Waals surface area contributed by atoms with Crippen molar-refractivity contribution in [1.29, 1.82) is 0 Å². The van der Waals surface area contributed by atoms with E-state index in [1.54, 1.807) is 27.9 Å². The van der Waals surface area contributed by atoms with Gasteiger partial charge in [-0.15, -0.1) is 0 Å². The first kappa shape index (κ1) is 29.7. The van der Waals surface area contributed by atoms with Gasteiger partial charge in [0.25, 0.3) is 0 Å². The molecular weight excluding hydrogens is 560 g/mol. The van der Waals surface area contributed by atoms with Gasteiger partial charge in [0.1, 0.15) is 6.04 Å². The second-order valence-electron chi connectivity index (χ2n) is 11.4. The topological polar surface area (TPSA) is 84.2 Å². The van der Waals surface area contributed by atoms with Gasteiger partial charge in [0.2, 0.25) is 11.8 Å². The number of carbonyl (C=O) groups is 2. The normalized spacial score (nSPS) is 13.4. The van der Waals surface area contributed by atoms with Gasteiger partial charge in [0.05, 0.1) is 17.1 Å². The Hall–Kier alpha value is -5.37. The van der Waals surface area contributed by atoms with Crippen LogP contribution in [0.5, 0.6) is 0 Å². The van der Waals surface area contributed by atoms with Crippen LogP contribution in [-0.2, 0) is 42.6 Å². The average Bonchev–Trinajstić information content (AvgIpc) is 3.41. The monoisotopic (exact) mass is 596 g/mol. The molecular formula is C37H36N6O2. The lowest BCUT2D eigenvalue weighted by Crippen LogP contribution is -2.52. The zero-order valence-electron chi connectivity index (χ0n) is 25.6. The molecule has 0 fully saturated rings. The van der Waals surface area contributed by atoms with Crippen LogP contribution < -0.4 is 0 Å². The summed E-state index contributed by atoms with van der Waals surface area (Å²) >= 11 is 0. The smallest absolute Gasteiger partial charge is 0.247 e. The first-order chi connectivity index (χ1) is 21.9. The quantitative estimate of drug-likeness (QED) is 0.212. The largest absolute Gasteiger partial charge is 0.336 e. The Morgan fingerprint density at radius 3 is 2.38 bits per heavy atom. The summed E-state index contributed by atoms with van der Waals surface area (Å²) in [6, 6.07) is 31.1. The molecule has 0 unspecified atom stereocenters. The number of hydrogen-bond donors (Lipinski definition) is 0. The van der Waals surface area contributed by atoms with Gasteiger partial charge < -0.3 is 9.80 Å². The molecule has 8 heteroatoms. The summed E-state index contributed by atoms with van der Waals surface area (Å²) in [5, 5.41) is 12.6. The maximum atomic E-state index is 14.5.